The van der Waals surface area contributed by atoms with Crippen molar-refractivity contribution in [1.29, 1.82) is 0 Å². The molecule has 1 atom stereocenters. The molecule has 2 aromatic carbocycles. The predicted octanol–water partition coefficient (Wildman–Crippen LogP) is 5.36. The first-order valence-electron chi connectivity index (χ1n) is 9.35. The van der Waals surface area contributed by atoms with Crippen LogP contribution >= 0.6 is 0 Å². The molecule has 6 nitrogen and oxygen atoms in total. The fourth-order valence-corrected chi connectivity index (χ4v) is 3.63. The summed E-state index contributed by atoms with van der Waals surface area (Å²) >= 11 is 0. The molecule has 2 amide bonds. The maximum atomic E-state index is 13.0. The number of nitrogens with one attached hydrogen (secondary N) is 1. The summed E-state index contributed by atoms with van der Waals surface area (Å²) in [5.74, 6) is 0. The Kier molecular flexibility index (Phi) is 5.74. The van der Waals surface area contributed by atoms with Crippen molar-refractivity contribution in [2.24, 2.45) is 0 Å². The highest BCUT2D eigenvalue weighted by atomic mass is 16.6. The Balaban J connectivity index is 1.85. The van der Waals surface area contributed by atoms with Crippen LogP contribution in [0.3, 0.4) is 0 Å². The van der Waals surface area contributed by atoms with Crippen molar-refractivity contribution in [3.8, 4) is 0 Å². The highest BCUT2D eigenvalue weighted by Crippen LogP contribution is 2.32. The molecule has 1 saturated heterocycles. The van der Waals surface area contributed by atoms with Crippen LogP contribution in [-0.4, -0.2) is 22.4 Å². The smallest absolute Gasteiger partial charge is 0.317 e. The molecule has 0 radical (unpaired) electrons. The Morgan fingerprint density at radius 1 is 1.11 bits per heavy atom. The third-order valence-electron chi connectivity index (χ3n) is 5.22. The standard InChI is InChI=1S/C21H25N3O3/c1-15-10-12-17(13-11-15)20-8-4-3-5-14-23(20)21(25)22-18-7-6-9-19(16(18)2)24(26)27/h6-7,9-13,20H,3-5,8,14H2,1-2H3,(H,22,25). The third-order valence-corrected chi connectivity index (χ3v) is 5.22. The number of aryl methyl sites for hydroxylation is 1. The topological polar surface area (TPSA) is 75.5 Å². The molecule has 1 aliphatic rings. The Bertz CT molecular complexity index is 833. The molecule has 0 spiro atoms. The first kappa shape index (κ1) is 18.9. The normalized spacial score (nSPS) is 17.3. The predicted molar refractivity (Wildman–Crippen MR) is 106 cm³/mol. The van der Waals surface area contributed by atoms with Crippen LogP contribution in [0, 0.1) is 24.0 Å². The summed E-state index contributed by atoms with van der Waals surface area (Å²) in [6.45, 7) is 4.39. The molecule has 0 aromatic heterocycles. The lowest BCUT2D eigenvalue weighted by molar-refractivity contribution is -0.385. The van der Waals surface area contributed by atoms with Gasteiger partial charge >= 0.3 is 6.03 Å². The number of nitro benzene ring substituents is 1. The van der Waals surface area contributed by atoms with E-state index in [4.69, 9.17) is 0 Å². The summed E-state index contributed by atoms with van der Waals surface area (Å²) in [4.78, 5) is 25.6. The van der Waals surface area contributed by atoms with Crippen LogP contribution in [0.15, 0.2) is 42.5 Å². The van der Waals surface area contributed by atoms with E-state index in [9.17, 15) is 14.9 Å². The average molecular weight is 367 g/mol. The van der Waals surface area contributed by atoms with E-state index < -0.39 is 4.92 Å². The second-order valence-corrected chi connectivity index (χ2v) is 7.11. The second-order valence-electron chi connectivity index (χ2n) is 7.11. The quantitative estimate of drug-likeness (QED) is 0.586. The number of anilines is 1. The van der Waals surface area contributed by atoms with Crippen molar-refractivity contribution in [2.75, 3.05) is 11.9 Å². The Labute approximate surface area is 159 Å². The second kappa shape index (κ2) is 8.20. The highest BCUT2D eigenvalue weighted by Gasteiger charge is 2.27. The molecule has 0 aliphatic carbocycles. The number of rotatable bonds is 3. The summed E-state index contributed by atoms with van der Waals surface area (Å²) in [6.07, 6.45) is 4.06. The van der Waals surface area contributed by atoms with Crippen molar-refractivity contribution in [3.05, 3.63) is 69.3 Å². The van der Waals surface area contributed by atoms with Gasteiger partial charge in [-0.05, 0) is 38.3 Å². The molecule has 0 saturated carbocycles. The molecular formula is C21H25N3O3. The van der Waals surface area contributed by atoms with Gasteiger partial charge in [-0.15, -0.1) is 0 Å². The average Bonchev–Trinajstić information content (AvgIpc) is 2.90. The van der Waals surface area contributed by atoms with Crippen molar-refractivity contribution in [1.82, 2.24) is 4.90 Å². The first-order valence-corrected chi connectivity index (χ1v) is 9.35. The van der Waals surface area contributed by atoms with Crippen molar-refractivity contribution >= 4 is 17.4 Å². The number of urea groups is 1. The van der Waals surface area contributed by atoms with Crippen LogP contribution < -0.4 is 5.32 Å². The zero-order chi connectivity index (χ0) is 19.4. The number of carbonyl (C=O) groups is 1. The van der Waals surface area contributed by atoms with Gasteiger partial charge in [0.15, 0.2) is 0 Å². The zero-order valence-electron chi connectivity index (χ0n) is 15.8. The van der Waals surface area contributed by atoms with E-state index in [2.05, 4.69) is 29.6 Å². The molecule has 3 rings (SSSR count). The van der Waals surface area contributed by atoms with Crippen molar-refractivity contribution in [2.45, 2.75) is 45.6 Å². The van der Waals surface area contributed by atoms with Gasteiger partial charge in [-0.1, -0.05) is 48.7 Å². The van der Waals surface area contributed by atoms with E-state index in [1.165, 1.54) is 11.6 Å². The maximum absolute atomic E-state index is 13.0. The molecule has 1 fully saturated rings. The number of likely N-dealkylation sites (tertiary alicyclic amines) is 1. The largest absolute Gasteiger partial charge is 0.322 e. The summed E-state index contributed by atoms with van der Waals surface area (Å²) in [5.41, 5.74) is 3.29. The van der Waals surface area contributed by atoms with Gasteiger partial charge in [0, 0.05) is 12.6 Å². The lowest BCUT2D eigenvalue weighted by atomic mass is 10.00. The van der Waals surface area contributed by atoms with Crippen molar-refractivity contribution < 1.29 is 9.72 Å². The fraction of sp³-hybridized carbons (Fsp3) is 0.381. The van der Waals surface area contributed by atoms with Gasteiger partial charge in [0.25, 0.3) is 5.69 Å². The summed E-state index contributed by atoms with van der Waals surface area (Å²) in [7, 11) is 0. The number of benzene rings is 2. The Morgan fingerprint density at radius 2 is 1.85 bits per heavy atom. The van der Waals surface area contributed by atoms with Crippen molar-refractivity contribution in [3.63, 3.8) is 0 Å². The van der Waals surface area contributed by atoms with Crippen LogP contribution in [0.4, 0.5) is 16.2 Å². The minimum Gasteiger partial charge on any atom is -0.317 e. The van der Waals surface area contributed by atoms with Gasteiger partial charge in [-0.2, -0.15) is 0 Å². The molecule has 142 valence electrons. The molecule has 6 heteroatoms. The monoisotopic (exact) mass is 367 g/mol. The van der Waals surface area contributed by atoms with Gasteiger partial charge in [-0.25, -0.2) is 4.79 Å². The van der Waals surface area contributed by atoms with E-state index in [1.54, 1.807) is 19.1 Å². The van der Waals surface area contributed by atoms with Crippen LogP contribution in [0.1, 0.15) is 48.4 Å². The molecule has 1 heterocycles. The number of nitrogens with zero attached hydrogens (tertiary/aromatic N) is 2. The van der Waals surface area contributed by atoms with Crippen LogP contribution in [0.25, 0.3) is 0 Å². The van der Waals surface area contributed by atoms with Crippen LogP contribution in [0.5, 0.6) is 0 Å². The molecule has 27 heavy (non-hydrogen) atoms. The number of hydrogen-bond donors (Lipinski definition) is 1. The lowest BCUT2D eigenvalue weighted by Gasteiger charge is -2.31. The summed E-state index contributed by atoms with van der Waals surface area (Å²) in [5, 5.41) is 14.1. The Morgan fingerprint density at radius 3 is 2.56 bits per heavy atom. The van der Waals surface area contributed by atoms with Gasteiger partial charge in [0.2, 0.25) is 0 Å². The van der Waals surface area contributed by atoms with Gasteiger partial charge in [0.1, 0.15) is 0 Å². The van der Waals surface area contributed by atoms with Crippen LogP contribution in [0.2, 0.25) is 0 Å². The number of carbonyl (C=O) groups excluding carboxylic acids is 1. The van der Waals surface area contributed by atoms with Gasteiger partial charge in [0.05, 0.1) is 22.2 Å². The minimum atomic E-state index is -0.425. The zero-order valence-corrected chi connectivity index (χ0v) is 15.8. The minimum absolute atomic E-state index is 0.0127. The SMILES string of the molecule is Cc1ccc(C2CCCCCN2C(=O)Nc2cccc([N+](=O)[O-])c2C)cc1. The molecule has 1 N–H and O–H groups in total. The number of nitro groups is 1. The maximum Gasteiger partial charge on any atom is 0.322 e. The van der Waals surface area contributed by atoms with Gasteiger partial charge < -0.3 is 10.2 Å². The first-order chi connectivity index (χ1) is 13.0. The number of hydrogen-bond acceptors (Lipinski definition) is 3. The van der Waals surface area contributed by atoms with E-state index in [0.29, 0.717) is 17.8 Å². The summed E-state index contributed by atoms with van der Waals surface area (Å²) < 4.78 is 0. The lowest BCUT2D eigenvalue weighted by Crippen LogP contribution is -2.38. The Hall–Kier alpha value is -2.89. The molecule has 1 unspecified atom stereocenters. The molecular weight excluding hydrogens is 342 g/mol. The fourth-order valence-electron chi connectivity index (χ4n) is 3.63. The third kappa shape index (κ3) is 4.27. The van der Waals surface area contributed by atoms with E-state index in [1.807, 2.05) is 11.8 Å². The van der Waals surface area contributed by atoms with E-state index >= 15 is 0 Å². The van der Waals surface area contributed by atoms with Gasteiger partial charge in [-0.3, -0.25) is 10.1 Å². The molecule has 1 aliphatic heterocycles. The summed E-state index contributed by atoms with van der Waals surface area (Å²) in [6, 6.07) is 12.9. The van der Waals surface area contributed by atoms with Crippen LogP contribution in [-0.2, 0) is 0 Å². The molecule has 0 bridgehead atoms. The number of amides is 2. The van der Waals surface area contributed by atoms with E-state index in [0.717, 1.165) is 31.2 Å². The molecule has 2 aromatic rings. The van der Waals surface area contributed by atoms with E-state index in [-0.39, 0.29) is 17.8 Å². The highest BCUT2D eigenvalue weighted by molar-refractivity contribution is 5.91.